The summed E-state index contributed by atoms with van der Waals surface area (Å²) in [6, 6.07) is 14.8. The Balaban J connectivity index is 1.41. The van der Waals surface area contributed by atoms with E-state index in [4.69, 9.17) is 9.47 Å². The number of anilines is 2. The summed E-state index contributed by atoms with van der Waals surface area (Å²) in [4.78, 5) is 16.5. The van der Waals surface area contributed by atoms with Gasteiger partial charge in [0.15, 0.2) is 11.6 Å². The van der Waals surface area contributed by atoms with Crippen molar-refractivity contribution in [3.8, 4) is 16.9 Å². The van der Waals surface area contributed by atoms with Crippen LogP contribution in [0, 0.1) is 18.6 Å². The van der Waals surface area contributed by atoms with Crippen LogP contribution in [0.3, 0.4) is 0 Å². The summed E-state index contributed by atoms with van der Waals surface area (Å²) >= 11 is 1.32. The number of fused-ring (bicyclic) bond motifs is 1. The number of thioether (sulfide) groups is 1. The molecule has 2 aliphatic heterocycles. The smallest absolute Gasteiger partial charge is 0.416 e. The summed E-state index contributed by atoms with van der Waals surface area (Å²) in [5.74, 6) is -1.41. The third-order valence-corrected chi connectivity index (χ3v) is 9.80. The molecule has 0 spiro atoms. The molecule has 1 aromatic heterocycles. The van der Waals surface area contributed by atoms with Gasteiger partial charge in [-0.15, -0.1) is 11.8 Å². The third-order valence-electron chi connectivity index (χ3n) is 8.53. The summed E-state index contributed by atoms with van der Waals surface area (Å²) in [7, 11) is 1.30. The molecule has 6 rings (SSSR count). The molecular formula is C34H32F5N3O3S. The zero-order valence-electron chi connectivity index (χ0n) is 25.2. The number of alkyl halides is 3. The molecule has 0 radical (unpaired) electrons. The Kier molecular flexibility index (Phi) is 9.02. The molecular weight excluding hydrogens is 625 g/mol. The Morgan fingerprint density at radius 1 is 1.00 bits per heavy atom. The lowest BCUT2D eigenvalue weighted by Gasteiger charge is -2.29. The van der Waals surface area contributed by atoms with Crippen molar-refractivity contribution in [1.29, 1.82) is 0 Å². The van der Waals surface area contributed by atoms with Gasteiger partial charge in [0, 0.05) is 54.3 Å². The lowest BCUT2D eigenvalue weighted by molar-refractivity contribution is -0.138. The van der Waals surface area contributed by atoms with Gasteiger partial charge in [0.2, 0.25) is 0 Å². The Morgan fingerprint density at radius 2 is 1.72 bits per heavy atom. The maximum absolute atomic E-state index is 15.6. The second-order valence-corrected chi connectivity index (χ2v) is 12.2. The van der Waals surface area contributed by atoms with E-state index in [0.717, 1.165) is 42.7 Å². The molecule has 3 aromatic carbocycles. The topological polar surface area (TPSA) is 55.7 Å². The molecule has 0 aliphatic carbocycles. The van der Waals surface area contributed by atoms with Crippen LogP contribution < -0.4 is 20.5 Å². The maximum atomic E-state index is 15.6. The van der Waals surface area contributed by atoms with E-state index >= 15 is 8.78 Å². The van der Waals surface area contributed by atoms with Crippen LogP contribution in [-0.2, 0) is 17.3 Å². The van der Waals surface area contributed by atoms with E-state index in [-0.39, 0.29) is 16.9 Å². The predicted octanol–water partition coefficient (Wildman–Crippen LogP) is 7.32. The van der Waals surface area contributed by atoms with Crippen molar-refractivity contribution in [2.24, 2.45) is 0 Å². The van der Waals surface area contributed by atoms with Gasteiger partial charge in [-0.2, -0.15) is 13.2 Å². The fraction of sp³-hybridized carbons (Fsp3) is 0.324. The second-order valence-electron chi connectivity index (χ2n) is 11.2. The number of benzene rings is 3. The quantitative estimate of drug-likeness (QED) is 0.201. The van der Waals surface area contributed by atoms with E-state index in [1.807, 2.05) is 24.3 Å². The van der Waals surface area contributed by atoms with Crippen molar-refractivity contribution in [3.05, 3.63) is 105 Å². The molecule has 3 heterocycles. The van der Waals surface area contributed by atoms with Crippen LogP contribution in [0.5, 0.6) is 5.75 Å². The van der Waals surface area contributed by atoms with Crippen LogP contribution in [0.25, 0.3) is 11.1 Å². The highest BCUT2D eigenvalue weighted by molar-refractivity contribution is 7.99. The number of ether oxygens (including phenoxy) is 2. The molecule has 46 heavy (non-hydrogen) atoms. The van der Waals surface area contributed by atoms with Crippen LogP contribution in [-0.4, -0.2) is 50.3 Å². The summed E-state index contributed by atoms with van der Waals surface area (Å²) in [6.07, 6.45) is -5.23. The standard InChI is InChI=1S/C34H32F5N3O3S/c1-20-25(17-26-27(34(37,38)39)6-4-7-28(26)35)33-42(32(43)30(20)24-5-3-8-29(44-2)31(24)36)23(19-46-33)18-40-21-9-11-22(12-10-21)41-13-15-45-16-14-41/h3-12,23,40H,13-19H2,1-2H3. The SMILES string of the molecule is COc1cccc(-c2c(C)c(Cc3c(F)cccc3C(F)(F)F)c3n(c2=O)C(CNc2ccc(N4CCOCC4)cc2)CS3)c1F. The Morgan fingerprint density at radius 3 is 2.41 bits per heavy atom. The van der Waals surface area contributed by atoms with Crippen LogP contribution in [0.15, 0.2) is 70.5 Å². The average Bonchev–Trinajstić information content (AvgIpc) is 3.48. The number of morpholine rings is 1. The largest absolute Gasteiger partial charge is 0.494 e. The molecule has 0 bridgehead atoms. The van der Waals surface area contributed by atoms with Crippen molar-refractivity contribution in [2.75, 3.05) is 55.9 Å². The minimum atomic E-state index is -4.79. The number of methoxy groups -OCH3 is 1. The molecule has 4 aromatic rings. The van der Waals surface area contributed by atoms with Crippen LogP contribution in [0.4, 0.5) is 33.3 Å². The number of aromatic nitrogens is 1. The van der Waals surface area contributed by atoms with Crippen LogP contribution >= 0.6 is 11.8 Å². The summed E-state index contributed by atoms with van der Waals surface area (Å²) in [6.45, 7) is 4.85. The predicted molar refractivity (Wildman–Crippen MR) is 169 cm³/mol. The molecule has 0 saturated carbocycles. The van der Waals surface area contributed by atoms with E-state index in [0.29, 0.717) is 41.7 Å². The van der Waals surface area contributed by atoms with Crippen molar-refractivity contribution < 1.29 is 31.4 Å². The van der Waals surface area contributed by atoms with Crippen molar-refractivity contribution >= 4 is 23.1 Å². The Bertz CT molecular complexity index is 1800. The average molecular weight is 658 g/mol. The number of pyridine rings is 1. The van der Waals surface area contributed by atoms with Gasteiger partial charge < -0.3 is 19.7 Å². The zero-order chi connectivity index (χ0) is 32.6. The maximum Gasteiger partial charge on any atom is 0.416 e. The molecule has 1 fully saturated rings. The normalized spacial score (nSPS) is 16.4. The van der Waals surface area contributed by atoms with Gasteiger partial charge in [-0.3, -0.25) is 9.36 Å². The van der Waals surface area contributed by atoms with E-state index in [2.05, 4.69) is 10.2 Å². The van der Waals surface area contributed by atoms with E-state index in [1.165, 1.54) is 35.6 Å². The molecule has 6 nitrogen and oxygen atoms in total. The van der Waals surface area contributed by atoms with Gasteiger partial charge in [-0.05, 0) is 60.5 Å². The highest BCUT2D eigenvalue weighted by Crippen LogP contribution is 2.42. The molecule has 1 atom stereocenters. The number of hydrogen-bond donors (Lipinski definition) is 1. The highest BCUT2D eigenvalue weighted by Gasteiger charge is 2.37. The number of halogens is 5. The molecule has 1 N–H and O–H groups in total. The first kappa shape index (κ1) is 31.9. The molecule has 2 aliphatic rings. The third kappa shape index (κ3) is 6.07. The number of hydrogen-bond acceptors (Lipinski definition) is 6. The summed E-state index contributed by atoms with van der Waals surface area (Å²) < 4.78 is 84.8. The molecule has 1 unspecified atom stereocenters. The number of nitrogens with zero attached hydrogens (tertiary/aromatic N) is 2. The molecule has 12 heteroatoms. The Labute approximate surface area is 267 Å². The van der Waals surface area contributed by atoms with Crippen LogP contribution in [0.2, 0.25) is 0 Å². The van der Waals surface area contributed by atoms with E-state index in [9.17, 15) is 18.0 Å². The van der Waals surface area contributed by atoms with Gasteiger partial charge in [0.1, 0.15) is 5.82 Å². The van der Waals surface area contributed by atoms with Crippen LogP contribution in [0.1, 0.15) is 28.3 Å². The van der Waals surface area contributed by atoms with Crippen molar-refractivity contribution in [1.82, 2.24) is 4.57 Å². The number of nitrogens with one attached hydrogen (secondary N) is 1. The molecule has 242 valence electrons. The second kappa shape index (κ2) is 13.0. The van der Waals surface area contributed by atoms with Gasteiger partial charge in [-0.25, -0.2) is 8.78 Å². The highest BCUT2D eigenvalue weighted by atomic mass is 32.2. The van der Waals surface area contributed by atoms with E-state index in [1.54, 1.807) is 13.0 Å². The first-order valence-electron chi connectivity index (χ1n) is 14.8. The van der Waals surface area contributed by atoms with Gasteiger partial charge in [0.25, 0.3) is 5.56 Å². The van der Waals surface area contributed by atoms with Gasteiger partial charge in [-0.1, -0.05) is 18.2 Å². The molecule has 1 saturated heterocycles. The number of rotatable bonds is 8. The fourth-order valence-electron chi connectivity index (χ4n) is 6.13. The molecule has 0 amide bonds. The van der Waals surface area contributed by atoms with E-state index < -0.39 is 47.0 Å². The van der Waals surface area contributed by atoms with Gasteiger partial charge >= 0.3 is 6.18 Å². The van der Waals surface area contributed by atoms with Crippen molar-refractivity contribution in [3.63, 3.8) is 0 Å². The monoisotopic (exact) mass is 657 g/mol. The lowest BCUT2D eigenvalue weighted by atomic mass is 9.92. The minimum absolute atomic E-state index is 0.00223. The summed E-state index contributed by atoms with van der Waals surface area (Å²) in [5.41, 5.74) is 0.403. The van der Waals surface area contributed by atoms with Gasteiger partial charge in [0.05, 0.1) is 42.5 Å². The first-order chi connectivity index (χ1) is 22.1. The lowest BCUT2D eigenvalue weighted by Crippen LogP contribution is -2.36. The first-order valence-corrected chi connectivity index (χ1v) is 15.8. The minimum Gasteiger partial charge on any atom is -0.494 e. The van der Waals surface area contributed by atoms with Crippen molar-refractivity contribution in [2.45, 2.75) is 30.6 Å². The Hall–Kier alpha value is -4.03. The fourth-order valence-corrected chi connectivity index (χ4v) is 7.52. The summed E-state index contributed by atoms with van der Waals surface area (Å²) in [5, 5.41) is 3.82. The zero-order valence-corrected chi connectivity index (χ0v) is 26.0.